The lowest BCUT2D eigenvalue weighted by Crippen LogP contribution is -2.24. The summed E-state index contributed by atoms with van der Waals surface area (Å²) in [6.45, 7) is 3.80. The summed E-state index contributed by atoms with van der Waals surface area (Å²) in [4.78, 5) is 15.7. The molecule has 1 N–H and O–H groups in total. The molecule has 0 aliphatic carbocycles. The van der Waals surface area contributed by atoms with Crippen molar-refractivity contribution in [2.45, 2.75) is 12.8 Å². The van der Waals surface area contributed by atoms with E-state index in [4.69, 9.17) is 4.74 Å². The van der Waals surface area contributed by atoms with Crippen LogP contribution in [-0.2, 0) is 9.53 Å². The van der Waals surface area contributed by atoms with Crippen LogP contribution < -0.4 is 5.32 Å². The lowest BCUT2D eigenvalue weighted by molar-refractivity contribution is -0.147. The average molecular weight is 220 g/mol. The van der Waals surface area contributed by atoms with E-state index >= 15 is 0 Å². The largest absolute Gasteiger partial charge is 0.466 e. The number of nitrogens with zero attached hydrogens (tertiary/aromatic N) is 1. The van der Waals surface area contributed by atoms with Crippen LogP contribution >= 0.6 is 0 Å². The molecule has 0 saturated carbocycles. The monoisotopic (exact) mass is 220 g/mol. The van der Waals surface area contributed by atoms with Crippen LogP contribution in [0.2, 0.25) is 0 Å². The molecule has 2 heterocycles. The normalized spacial score (nSPS) is 24.3. The highest BCUT2D eigenvalue weighted by Crippen LogP contribution is 2.28. The van der Waals surface area contributed by atoms with E-state index in [-0.39, 0.29) is 17.8 Å². The van der Waals surface area contributed by atoms with E-state index in [1.54, 1.807) is 12.4 Å². The molecule has 1 aromatic rings. The van der Waals surface area contributed by atoms with Crippen LogP contribution in [0.25, 0.3) is 0 Å². The van der Waals surface area contributed by atoms with Gasteiger partial charge in [-0.25, -0.2) is 0 Å². The molecule has 2 unspecified atom stereocenters. The number of nitrogens with one attached hydrogen (secondary N) is 1. The van der Waals surface area contributed by atoms with Crippen molar-refractivity contribution in [3.8, 4) is 0 Å². The topological polar surface area (TPSA) is 51.2 Å². The van der Waals surface area contributed by atoms with Crippen LogP contribution in [0.3, 0.4) is 0 Å². The first-order chi connectivity index (χ1) is 7.83. The summed E-state index contributed by atoms with van der Waals surface area (Å²) in [5.74, 6) is 0.0405. The van der Waals surface area contributed by atoms with Crippen molar-refractivity contribution >= 4 is 5.97 Å². The van der Waals surface area contributed by atoms with Gasteiger partial charge in [0.2, 0.25) is 0 Å². The van der Waals surface area contributed by atoms with Crippen LogP contribution in [0.5, 0.6) is 0 Å². The lowest BCUT2D eigenvalue weighted by atomic mass is 9.90. The summed E-state index contributed by atoms with van der Waals surface area (Å²) in [5.41, 5.74) is 1.15. The number of hydrogen-bond acceptors (Lipinski definition) is 4. The highest BCUT2D eigenvalue weighted by molar-refractivity contribution is 5.74. The number of carbonyl (C=O) groups is 1. The van der Waals surface area contributed by atoms with Crippen molar-refractivity contribution in [3.63, 3.8) is 0 Å². The molecule has 4 nitrogen and oxygen atoms in total. The third-order valence-corrected chi connectivity index (χ3v) is 2.94. The maximum absolute atomic E-state index is 11.8. The van der Waals surface area contributed by atoms with E-state index in [2.05, 4.69) is 10.3 Å². The number of aromatic nitrogens is 1. The predicted molar refractivity (Wildman–Crippen MR) is 60.0 cm³/mol. The quantitative estimate of drug-likeness (QED) is 0.770. The highest BCUT2D eigenvalue weighted by atomic mass is 16.5. The standard InChI is InChI=1S/C12H16N2O2/c1-2-16-12(15)11-8-14-7-10(11)9-3-5-13-6-4-9/h3-6,10-11,14H,2,7-8H2,1H3. The van der Waals surface area contributed by atoms with Crippen LogP contribution in [0, 0.1) is 5.92 Å². The van der Waals surface area contributed by atoms with E-state index < -0.39 is 0 Å². The number of pyridine rings is 1. The second-order valence-electron chi connectivity index (χ2n) is 3.90. The fourth-order valence-corrected chi connectivity index (χ4v) is 2.14. The molecule has 86 valence electrons. The minimum absolute atomic E-state index is 0.0673. The van der Waals surface area contributed by atoms with Crippen molar-refractivity contribution in [2.24, 2.45) is 5.92 Å². The van der Waals surface area contributed by atoms with Gasteiger partial charge >= 0.3 is 5.97 Å². The van der Waals surface area contributed by atoms with Gasteiger partial charge in [-0.1, -0.05) is 0 Å². The lowest BCUT2D eigenvalue weighted by Gasteiger charge is -2.16. The van der Waals surface area contributed by atoms with Gasteiger partial charge in [-0.3, -0.25) is 9.78 Å². The molecule has 0 bridgehead atoms. The summed E-state index contributed by atoms with van der Waals surface area (Å²) < 4.78 is 5.08. The van der Waals surface area contributed by atoms with Gasteiger partial charge in [0.1, 0.15) is 0 Å². The molecule has 1 fully saturated rings. The average Bonchev–Trinajstić information content (AvgIpc) is 2.79. The molecular weight excluding hydrogens is 204 g/mol. The van der Waals surface area contributed by atoms with Crippen molar-refractivity contribution in [1.29, 1.82) is 0 Å². The minimum Gasteiger partial charge on any atom is -0.466 e. The first-order valence-electron chi connectivity index (χ1n) is 5.60. The zero-order valence-electron chi connectivity index (χ0n) is 9.35. The van der Waals surface area contributed by atoms with Crippen LogP contribution in [0.15, 0.2) is 24.5 Å². The van der Waals surface area contributed by atoms with Crippen LogP contribution in [0.4, 0.5) is 0 Å². The Morgan fingerprint density at radius 1 is 1.50 bits per heavy atom. The second kappa shape index (κ2) is 5.07. The fourth-order valence-electron chi connectivity index (χ4n) is 2.14. The fraction of sp³-hybridized carbons (Fsp3) is 0.500. The molecule has 0 radical (unpaired) electrons. The van der Waals surface area contributed by atoms with E-state index in [1.165, 1.54) is 0 Å². The third-order valence-electron chi connectivity index (χ3n) is 2.94. The summed E-state index contributed by atoms with van der Waals surface area (Å²) in [6, 6.07) is 3.92. The maximum atomic E-state index is 11.8. The van der Waals surface area contributed by atoms with E-state index in [9.17, 15) is 4.79 Å². The second-order valence-corrected chi connectivity index (χ2v) is 3.90. The number of ether oxygens (including phenoxy) is 1. The van der Waals surface area contributed by atoms with Gasteiger partial charge in [-0.15, -0.1) is 0 Å². The first-order valence-corrected chi connectivity index (χ1v) is 5.60. The Kier molecular flexibility index (Phi) is 3.51. The zero-order chi connectivity index (χ0) is 11.4. The smallest absolute Gasteiger partial charge is 0.310 e. The first kappa shape index (κ1) is 11.1. The number of rotatable bonds is 3. The predicted octanol–water partition coefficient (Wildman–Crippen LogP) is 0.948. The van der Waals surface area contributed by atoms with Gasteiger partial charge in [0.25, 0.3) is 0 Å². The Morgan fingerprint density at radius 3 is 2.94 bits per heavy atom. The molecule has 0 aromatic carbocycles. The van der Waals surface area contributed by atoms with Crippen molar-refractivity contribution in [2.75, 3.05) is 19.7 Å². The van der Waals surface area contributed by atoms with Crippen molar-refractivity contribution in [3.05, 3.63) is 30.1 Å². The van der Waals surface area contributed by atoms with Crippen molar-refractivity contribution in [1.82, 2.24) is 10.3 Å². The summed E-state index contributed by atoms with van der Waals surface area (Å²) in [7, 11) is 0. The Hall–Kier alpha value is -1.42. The molecule has 2 atom stereocenters. The zero-order valence-corrected chi connectivity index (χ0v) is 9.35. The van der Waals surface area contributed by atoms with Crippen LogP contribution in [0.1, 0.15) is 18.4 Å². The maximum Gasteiger partial charge on any atom is 0.310 e. The molecule has 2 rings (SSSR count). The van der Waals surface area contributed by atoms with Gasteiger partial charge in [-0.05, 0) is 24.6 Å². The molecule has 1 saturated heterocycles. The molecule has 1 aliphatic rings. The Labute approximate surface area is 95.0 Å². The summed E-state index contributed by atoms with van der Waals surface area (Å²) >= 11 is 0. The van der Waals surface area contributed by atoms with Gasteiger partial charge in [0.15, 0.2) is 0 Å². The molecular formula is C12H16N2O2. The van der Waals surface area contributed by atoms with E-state index in [0.717, 1.165) is 12.1 Å². The van der Waals surface area contributed by atoms with E-state index in [1.807, 2.05) is 19.1 Å². The number of esters is 1. The van der Waals surface area contributed by atoms with E-state index in [0.29, 0.717) is 13.2 Å². The molecule has 16 heavy (non-hydrogen) atoms. The van der Waals surface area contributed by atoms with Gasteiger partial charge in [-0.2, -0.15) is 0 Å². The Balaban J connectivity index is 2.12. The van der Waals surface area contributed by atoms with Crippen LogP contribution in [-0.4, -0.2) is 30.6 Å². The number of hydrogen-bond donors (Lipinski definition) is 1. The highest BCUT2D eigenvalue weighted by Gasteiger charge is 2.34. The third kappa shape index (κ3) is 2.22. The molecule has 0 amide bonds. The Morgan fingerprint density at radius 2 is 2.25 bits per heavy atom. The molecule has 4 heteroatoms. The van der Waals surface area contributed by atoms with Gasteiger partial charge in [0, 0.05) is 31.4 Å². The number of carbonyl (C=O) groups excluding carboxylic acids is 1. The summed E-state index contributed by atoms with van der Waals surface area (Å²) in [5, 5.41) is 3.24. The SMILES string of the molecule is CCOC(=O)C1CNCC1c1ccncc1. The molecule has 1 aromatic heterocycles. The molecule has 0 spiro atoms. The molecule has 1 aliphatic heterocycles. The Bertz CT molecular complexity index is 353. The minimum atomic E-state index is -0.102. The summed E-state index contributed by atoms with van der Waals surface area (Å²) in [6.07, 6.45) is 3.52. The van der Waals surface area contributed by atoms with Crippen molar-refractivity contribution < 1.29 is 9.53 Å². The van der Waals surface area contributed by atoms with Gasteiger partial charge < -0.3 is 10.1 Å². The van der Waals surface area contributed by atoms with Gasteiger partial charge in [0.05, 0.1) is 12.5 Å².